The van der Waals surface area contributed by atoms with Gasteiger partial charge in [-0.1, -0.05) is 6.92 Å². The van der Waals surface area contributed by atoms with Crippen LogP contribution in [0, 0.1) is 5.92 Å². The van der Waals surface area contributed by atoms with E-state index in [0.29, 0.717) is 0 Å². The van der Waals surface area contributed by atoms with Gasteiger partial charge in [-0.15, -0.1) is 0 Å². The first kappa shape index (κ1) is 15.4. The average molecular weight is 295 g/mol. The van der Waals surface area contributed by atoms with Crippen molar-refractivity contribution in [3.05, 3.63) is 30.1 Å². The lowest BCUT2D eigenvalue weighted by molar-refractivity contribution is -0.759. The lowest BCUT2D eigenvalue weighted by Gasteiger charge is -2.13. The largest absolute Gasteiger partial charge is 0.477 e. The third-order valence-electron chi connectivity index (χ3n) is 3.52. The van der Waals surface area contributed by atoms with Gasteiger partial charge in [-0.2, -0.15) is 4.57 Å². The highest BCUT2D eigenvalue weighted by Crippen LogP contribution is 2.29. The Balaban J connectivity index is 2.01. The maximum atomic E-state index is 11.1. The van der Waals surface area contributed by atoms with Crippen molar-refractivity contribution in [3.63, 3.8) is 0 Å². The minimum absolute atomic E-state index is 0.153. The molecule has 0 aliphatic carbocycles. The summed E-state index contributed by atoms with van der Waals surface area (Å²) in [7, 11) is 0. The number of carbonyl (C=O) groups excluding carboxylic acids is 1. The standard InChI is InChI=1S/C14H18N2O5/c1-9-5-12(21-11(9)8-20-13(17)6-15)16-4-2-3-10(7-16)14(18)19/h2-4,7,9,11-12H,5-6,8,15H2,1H3/p+1/t9-,11+,12+/m0/s1. The number of ether oxygens (including phenoxy) is 2. The van der Waals surface area contributed by atoms with E-state index in [1.807, 2.05) is 6.92 Å². The molecule has 2 rings (SSSR count). The molecule has 1 aliphatic heterocycles. The van der Waals surface area contributed by atoms with E-state index < -0.39 is 11.9 Å². The fourth-order valence-electron chi connectivity index (χ4n) is 2.29. The predicted octanol–water partition coefficient (Wildman–Crippen LogP) is 0.0978. The Morgan fingerprint density at radius 1 is 1.57 bits per heavy atom. The second-order valence-electron chi connectivity index (χ2n) is 5.07. The Kier molecular flexibility index (Phi) is 4.87. The van der Waals surface area contributed by atoms with Crippen LogP contribution in [0.15, 0.2) is 24.5 Å². The average Bonchev–Trinajstić information content (AvgIpc) is 2.86. The van der Waals surface area contributed by atoms with Gasteiger partial charge in [-0.25, -0.2) is 4.79 Å². The van der Waals surface area contributed by atoms with Gasteiger partial charge in [0.25, 0.3) is 6.23 Å². The molecule has 0 bridgehead atoms. The number of nitrogens with two attached hydrogens (primary N) is 1. The molecule has 3 N–H and O–H groups in total. The van der Waals surface area contributed by atoms with Crippen LogP contribution in [0.5, 0.6) is 0 Å². The number of hydrogen-bond acceptors (Lipinski definition) is 5. The van der Waals surface area contributed by atoms with Gasteiger partial charge >= 0.3 is 11.9 Å². The van der Waals surface area contributed by atoms with Crippen LogP contribution in [0.25, 0.3) is 0 Å². The summed E-state index contributed by atoms with van der Waals surface area (Å²) in [5.74, 6) is -1.25. The van der Waals surface area contributed by atoms with Gasteiger partial charge in [0.2, 0.25) is 0 Å². The number of nitrogens with zero attached hydrogens (tertiary/aromatic N) is 1. The molecule has 7 heteroatoms. The second-order valence-corrected chi connectivity index (χ2v) is 5.07. The van der Waals surface area contributed by atoms with Crippen LogP contribution >= 0.6 is 0 Å². The van der Waals surface area contributed by atoms with Gasteiger partial charge in [-0.3, -0.25) is 4.79 Å². The third-order valence-corrected chi connectivity index (χ3v) is 3.52. The van der Waals surface area contributed by atoms with E-state index in [1.54, 1.807) is 16.8 Å². The number of aromatic carboxylic acids is 1. The molecule has 0 aromatic carbocycles. The van der Waals surface area contributed by atoms with Crippen molar-refractivity contribution in [2.24, 2.45) is 11.7 Å². The molecule has 7 nitrogen and oxygen atoms in total. The maximum Gasteiger partial charge on any atom is 0.341 e. The van der Waals surface area contributed by atoms with Crippen LogP contribution in [0.3, 0.4) is 0 Å². The second kappa shape index (κ2) is 6.64. The highest BCUT2D eigenvalue weighted by atomic mass is 16.6. The van der Waals surface area contributed by atoms with Gasteiger partial charge in [-0.05, 0) is 12.0 Å². The summed E-state index contributed by atoms with van der Waals surface area (Å²) < 4.78 is 12.6. The molecule has 1 aromatic rings. The molecule has 1 saturated heterocycles. The number of hydrogen-bond donors (Lipinski definition) is 2. The van der Waals surface area contributed by atoms with E-state index in [-0.39, 0.29) is 37.0 Å². The topological polar surface area (TPSA) is 103 Å². The zero-order valence-electron chi connectivity index (χ0n) is 11.8. The van der Waals surface area contributed by atoms with E-state index in [4.69, 9.17) is 20.3 Å². The quantitative estimate of drug-likeness (QED) is 0.590. The predicted molar refractivity (Wildman–Crippen MR) is 71.3 cm³/mol. The SMILES string of the molecule is C[C@H]1C[C@H]([n+]2cccc(C(=O)O)c2)O[C@@H]1COC(=O)CN. The smallest absolute Gasteiger partial charge is 0.341 e. The zero-order valence-corrected chi connectivity index (χ0v) is 11.8. The number of rotatable bonds is 5. The molecule has 3 atom stereocenters. The van der Waals surface area contributed by atoms with Gasteiger partial charge in [0.15, 0.2) is 12.4 Å². The Morgan fingerprint density at radius 2 is 2.33 bits per heavy atom. The van der Waals surface area contributed by atoms with E-state index in [2.05, 4.69) is 0 Å². The minimum Gasteiger partial charge on any atom is -0.477 e. The highest BCUT2D eigenvalue weighted by molar-refractivity contribution is 5.86. The summed E-state index contributed by atoms with van der Waals surface area (Å²) in [6, 6.07) is 3.19. The number of carboxylic acid groups (broad SMARTS) is 1. The zero-order chi connectivity index (χ0) is 15.4. The lowest BCUT2D eigenvalue weighted by Crippen LogP contribution is -2.40. The maximum absolute atomic E-state index is 11.1. The van der Waals surface area contributed by atoms with Gasteiger partial charge in [0.05, 0.1) is 6.54 Å². The van der Waals surface area contributed by atoms with Crippen molar-refractivity contribution in [1.29, 1.82) is 0 Å². The van der Waals surface area contributed by atoms with Crippen LogP contribution in [0.2, 0.25) is 0 Å². The molecule has 2 heterocycles. The first-order valence-corrected chi connectivity index (χ1v) is 6.76. The lowest BCUT2D eigenvalue weighted by atomic mass is 10.0. The van der Waals surface area contributed by atoms with Crippen molar-refractivity contribution in [1.82, 2.24) is 0 Å². The highest BCUT2D eigenvalue weighted by Gasteiger charge is 2.38. The molecule has 21 heavy (non-hydrogen) atoms. The summed E-state index contributed by atoms with van der Waals surface area (Å²) in [5, 5.41) is 9.01. The van der Waals surface area contributed by atoms with Crippen LogP contribution in [0.1, 0.15) is 29.9 Å². The fraction of sp³-hybridized carbons (Fsp3) is 0.500. The molecule has 0 spiro atoms. The molecule has 1 aromatic heterocycles. The summed E-state index contributed by atoms with van der Waals surface area (Å²) in [4.78, 5) is 22.1. The summed E-state index contributed by atoms with van der Waals surface area (Å²) in [6.45, 7) is 2.01. The molecule has 1 fully saturated rings. The molecule has 0 radical (unpaired) electrons. The van der Waals surface area contributed by atoms with E-state index >= 15 is 0 Å². The molecule has 114 valence electrons. The first-order valence-electron chi connectivity index (χ1n) is 6.76. The summed E-state index contributed by atoms with van der Waals surface area (Å²) in [5.41, 5.74) is 5.38. The number of aromatic nitrogens is 1. The van der Waals surface area contributed by atoms with E-state index in [0.717, 1.165) is 6.42 Å². The molecular weight excluding hydrogens is 276 g/mol. The molecule has 0 amide bonds. The van der Waals surface area contributed by atoms with Gasteiger partial charge < -0.3 is 20.3 Å². The molecular formula is C14H19N2O5+. The van der Waals surface area contributed by atoms with Crippen LogP contribution in [0.4, 0.5) is 0 Å². The Bertz CT molecular complexity index is 534. The van der Waals surface area contributed by atoms with Gasteiger partial charge in [0.1, 0.15) is 18.3 Å². The van der Waals surface area contributed by atoms with Gasteiger partial charge in [0, 0.05) is 12.5 Å². The number of carbonyl (C=O) groups is 2. The van der Waals surface area contributed by atoms with Crippen LogP contribution < -0.4 is 10.3 Å². The molecule has 1 aliphatic rings. The van der Waals surface area contributed by atoms with Crippen LogP contribution in [-0.4, -0.2) is 36.3 Å². The Hall–Kier alpha value is -1.99. The van der Waals surface area contributed by atoms with Crippen molar-refractivity contribution in [2.45, 2.75) is 25.7 Å². The fourth-order valence-corrected chi connectivity index (χ4v) is 2.29. The van der Waals surface area contributed by atoms with Crippen molar-refractivity contribution >= 4 is 11.9 Å². The normalized spacial score (nSPS) is 24.8. The van der Waals surface area contributed by atoms with Crippen molar-refractivity contribution < 1.29 is 28.7 Å². The van der Waals surface area contributed by atoms with Crippen LogP contribution in [-0.2, 0) is 14.3 Å². The summed E-state index contributed by atoms with van der Waals surface area (Å²) in [6.07, 6.45) is 3.54. The number of carboxylic acids is 1. The monoisotopic (exact) mass is 295 g/mol. The number of pyridine rings is 1. The summed E-state index contributed by atoms with van der Waals surface area (Å²) >= 11 is 0. The third kappa shape index (κ3) is 3.77. The van der Waals surface area contributed by atoms with Crippen molar-refractivity contribution in [2.75, 3.05) is 13.2 Å². The minimum atomic E-state index is -0.983. The Morgan fingerprint density at radius 3 is 3.00 bits per heavy atom. The Labute approximate surface area is 122 Å². The first-order chi connectivity index (χ1) is 10.0. The number of esters is 1. The van der Waals surface area contributed by atoms with E-state index in [9.17, 15) is 9.59 Å². The van der Waals surface area contributed by atoms with E-state index in [1.165, 1.54) is 12.3 Å². The molecule has 0 unspecified atom stereocenters. The van der Waals surface area contributed by atoms with Crippen molar-refractivity contribution in [3.8, 4) is 0 Å². The molecule has 0 saturated carbocycles.